The Morgan fingerprint density at radius 1 is 1.13 bits per heavy atom. The van der Waals surface area contributed by atoms with E-state index in [1.807, 2.05) is 60.8 Å². The van der Waals surface area contributed by atoms with E-state index in [0.717, 1.165) is 18.7 Å². The highest BCUT2D eigenvalue weighted by atomic mass is 31.2. The maximum absolute atomic E-state index is 13.0. The summed E-state index contributed by atoms with van der Waals surface area (Å²) in [5, 5.41) is 3.77. The van der Waals surface area contributed by atoms with Crippen LogP contribution < -0.4 is 10.6 Å². The molecule has 2 atom stereocenters. The first-order chi connectivity index (χ1) is 14.5. The van der Waals surface area contributed by atoms with Crippen molar-refractivity contribution in [3.05, 3.63) is 83.9 Å². The SMILES string of the molecule is CCP(=O)(O)c1ccccc1C1(/C=C/c2ccccc2)NC=C(N2CCOCC2)O1. The zero-order chi connectivity index (χ0) is 21.0. The first-order valence-electron chi connectivity index (χ1n) is 10.2. The molecule has 2 aliphatic heterocycles. The maximum atomic E-state index is 13.0. The van der Waals surface area contributed by atoms with Crippen LogP contribution in [0.25, 0.3) is 6.08 Å². The van der Waals surface area contributed by atoms with Gasteiger partial charge in [-0.1, -0.05) is 61.5 Å². The molecule has 2 aliphatic rings. The molecule has 2 N–H and O–H groups in total. The van der Waals surface area contributed by atoms with E-state index in [4.69, 9.17) is 9.47 Å². The molecule has 0 aromatic heterocycles. The average Bonchev–Trinajstić information content (AvgIpc) is 3.25. The topological polar surface area (TPSA) is 71.0 Å². The summed E-state index contributed by atoms with van der Waals surface area (Å²) in [6.45, 7) is 4.49. The molecule has 2 heterocycles. The number of hydrogen-bond acceptors (Lipinski definition) is 5. The van der Waals surface area contributed by atoms with E-state index < -0.39 is 13.1 Å². The summed E-state index contributed by atoms with van der Waals surface area (Å²) in [6, 6.07) is 17.1. The minimum atomic E-state index is -3.52. The van der Waals surface area contributed by atoms with Crippen LogP contribution in [0.3, 0.4) is 0 Å². The average molecular weight is 426 g/mol. The van der Waals surface area contributed by atoms with E-state index in [-0.39, 0.29) is 6.16 Å². The summed E-state index contributed by atoms with van der Waals surface area (Å²) in [7, 11) is -3.52. The number of rotatable bonds is 6. The van der Waals surface area contributed by atoms with Crippen molar-refractivity contribution < 1.29 is 18.9 Å². The van der Waals surface area contributed by atoms with Gasteiger partial charge in [0.2, 0.25) is 19.0 Å². The molecule has 158 valence electrons. The maximum Gasteiger partial charge on any atom is 0.229 e. The van der Waals surface area contributed by atoms with Gasteiger partial charge in [-0.15, -0.1) is 0 Å². The molecule has 30 heavy (non-hydrogen) atoms. The highest BCUT2D eigenvalue weighted by Gasteiger charge is 2.42. The van der Waals surface area contributed by atoms with Crippen molar-refractivity contribution in [2.75, 3.05) is 32.5 Å². The fourth-order valence-corrected chi connectivity index (χ4v) is 4.95. The highest BCUT2D eigenvalue weighted by molar-refractivity contribution is 7.66. The van der Waals surface area contributed by atoms with Crippen molar-refractivity contribution in [3.63, 3.8) is 0 Å². The molecule has 0 radical (unpaired) electrons. The van der Waals surface area contributed by atoms with Crippen molar-refractivity contribution >= 4 is 18.7 Å². The molecule has 7 heteroatoms. The predicted molar refractivity (Wildman–Crippen MR) is 118 cm³/mol. The third-order valence-electron chi connectivity index (χ3n) is 5.42. The van der Waals surface area contributed by atoms with Crippen molar-refractivity contribution in [2.45, 2.75) is 12.6 Å². The fourth-order valence-electron chi connectivity index (χ4n) is 3.68. The Morgan fingerprint density at radius 3 is 2.57 bits per heavy atom. The number of nitrogens with one attached hydrogen (secondary N) is 1. The number of nitrogens with zero attached hydrogens (tertiary/aromatic N) is 1. The van der Waals surface area contributed by atoms with Crippen molar-refractivity contribution in [1.82, 2.24) is 10.2 Å². The van der Waals surface area contributed by atoms with E-state index in [1.165, 1.54) is 0 Å². The fraction of sp³-hybridized carbons (Fsp3) is 0.304. The Morgan fingerprint density at radius 2 is 1.83 bits per heavy atom. The molecule has 4 rings (SSSR count). The van der Waals surface area contributed by atoms with Crippen LogP contribution in [0, 0.1) is 0 Å². The summed E-state index contributed by atoms with van der Waals surface area (Å²) in [5.41, 5.74) is 0.583. The van der Waals surface area contributed by atoms with E-state index in [2.05, 4.69) is 10.2 Å². The van der Waals surface area contributed by atoms with Crippen LogP contribution in [0.15, 0.2) is 72.8 Å². The molecule has 2 unspecified atom stereocenters. The Kier molecular flexibility index (Phi) is 6.00. The Hall–Kier alpha value is -2.53. The summed E-state index contributed by atoms with van der Waals surface area (Å²) >= 11 is 0. The third-order valence-corrected chi connectivity index (χ3v) is 7.42. The van der Waals surface area contributed by atoms with Gasteiger partial charge in [0.1, 0.15) is 0 Å². The number of benzene rings is 2. The molecule has 1 saturated heterocycles. The Bertz CT molecular complexity index is 986. The van der Waals surface area contributed by atoms with Gasteiger partial charge in [0.25, 0.3) is 0 Å². The smallest absolute Gasteiger partial charge is 0.229 e. The Labute approximate surface area is 177 Å². The quantitative estimate of drug-likeness (QED) is 0.692. The second kappa shape index (κ2) is 8.68. The summed E-state index contributed by atoms with van der Waals surface area (Å²) in [6.07, 6.45) is 5.88. The molecule has 0 saturated carbocycles. The van der Waals surface area contributed by atoms with E-state index in [1.54, 1.807) is 19.1 Å². The standard InChI is InChI=1S/C23H27N2O4P/c1-2-30(26,27)21-11-7-6-10-20(21)23(13-12-19-8-4-3-5-9-19)24-18-22(29-23)25-14-16-28-17-15-25/h3-13,18,24H,2,14-17H2,1H3,(H,26,27)/b13-12+. The van der Waals surface area contributed by atoms with Crippen LogP contribution in [0.1, 0.15) is 18.1 Å². The second-order valence-electron chi connectivity index (χ2n) is 7.34. The summed E-state index contributed by atoms with van der Waals surface area (Å²) < 4.78 is 24.9. The molecule has 2 aromatic carbocycles. The van der Waals surface area contributed by atoms with Crippen molar-refractivity contribution in [2.24, 2.45) is 0 Å². The molecule has 6 nitrogen and oxygen atoms in total. The van der Waals surface area contributed by atoms with Gasteiger partial charge in [-0.25, -0.2) is 0 Å². The van der Waals surface area contributed by atoms with Crippen molar-refractivity contribution in [3.8, 4) is 0 Å². The van der Waals surface area contributed by atoms with Gasteiger partial charge in [-0.3, -0.25) is 4.57 Å². The minimum absolute atomic E-state index is 0.159. The zero-order valence-corrected chi connectivity index (χ0v) is 17.9. The van der Waals surface area contributed by atoms with Gasteiger partial charge in [-0.2, -0.15) is 0 Å². The van der Waals surface area contributed by atoms with Gasteiger partial charge in [0.05, 0.1) is 19.4 Å². The summed E-state index contributed by atoms with van der Waals surface area (Å²) in [4.78, 5) is 12.8. The molecule has 0 amide bonds. The van der Waals surface area contributed by atoms with Gasteiger partial charge in [-0.05, 0) is 17.7 Å². The largest absolute Gasteiger partial charge is 0.444 e. The van der Waals surface area contributed by atoms with Gasteiger partial charge < -0.3 is 24.6 Å². The molecule has 1 fully saturated rings. The van der Waals surface area contributed by atoms with E-state index in [0.29, 0.717) is 30.0 Å². The van der Waals surface area contributed by atoms with Crippen molar-refractivity contribution in [1.29, 1.82) is 0 Å². The van der Waals surface area contributed by atoms with E-state index in [9.17, 15) is 9.46 Å². The van der Waals surface area contributed by atoms with Crippen LogP contribution >= 0.6 is 7.37 Å². The monoisotopic (exact) mass is 426 g/mol. The molecular formula is C23H27N2O4P. The van der Waals surface area contributed by atoms with Crippen LogP contribution in [0.4, 0.5) is 0 Å². The minimum Gasteiger partial charge on any atom is -0.444 e. The lowest BCUT2D eigenvalue weighted by atomic mass is 10.0. The van der Waals surface area contributed by atoms with Crippen LogP contribution in [-0.2, 0) is 19.8 Å². The molecule has 0 bridgehead atoms. The van der Waals surface area contributed by atoms with Gasteiger partial charge >= 0.3 is 0 Å². The molecule has 0 spiro atoms. The van der Waals surface area contributed by atoms with Crippen LogP contribution in [-0.4, -0.2) is 42.3 Å². The second-order valence-corrected chi connectivity index (χ2v) is 9.86. The third kappa shape index (κ3) is 4.17. The predicted octanol–water partition coefficient (Wildman–Crippen LogP) is 3.22. The van der Waals surface area contributed by atoms with Crippen LogP contribution in [0.2, 0.25) is 0 Å². The molecule has 0 aliphatic carbocycles. The molecule has 2 aromatic rings. The molecular weight excluding hydrogens is 399 g/mol. The normalized spacial score (nSPS) is 23.5. The lowest BCUT2D eigenvalue weighted by Crippen LogP contribution is -2.41. The van der Waals surface area contributed by atoms with Gasteiger partial charge in [0, 0.05) is 30.1 Å². The first kappa shape index (κ1) is 20.7. The lowest BCUT2D eigenvalue weighted by molar-refractivity contribution is -0.0258. The van der Waals surface area contributed by atoms with Gasteiger partial charge in [0.15, 0.2) is 0 Å². The summed E-state index contributed by atoms with van der Waals surface area (Å²) in [5.74, 6) is 0.704. The highest BCUT2D eigenvalue weighted by Crippen LogP contribution is 2.44. The number of morpholine rings is 1. The first-order valence-corrected chi connectivity index (χ1v) is 12.0. The lowest BCUT2D eigenvalue weighted by Gasteiger charge is -2.34. The van der Waals surface area contributed by atoms with Crippen LogP contribution in [0.5, 0.6) is 0 Å². The zero-order valence-electron chi connectivity index (χ0n) is 17.0. The number of hydrogen-bond donors (Lipinski definition) is 2. The number of ether oxygens (including phenoxy) is 2. The van der Waals surface area contributed by atoms with E-state index >= 15 is 0 Å². The Balaban J connectivity index is 1.75.